The van der Waals surface area contributed by atoms with Gasteiger partial charge in [-0.05, 0) is 61.6 Å². The van der Waals surface area contributed by atoms with Gasteiger partial charge in [-0.3, -0.25) is 9.78 Å². The predicted molar refractivity (Wildman–Crippen MR) is 111 cm³/mol. The van der Waals surface area contributed by atoms with Crippen LogP contribution in [-0.4, -0.2) is 17.4 Å². The van der Waals surface area contributed by atoms with Gasteiger partial charge in [0.25, 0.3) is 5.91 Å². The molecule has 4 nitrogen and oxygen atoms in total. The van der Waals surface area contributed by atoms with E-state index in [0.29, 0.717) is 5.56 Å². The average molecular weight is 359 g/mol. The predicted octanol–water partition coefficient (Wildman–Crippen LogP) is 5.00. The summed E-state index contributed by atoms with van der Waals surface area (Å²) in [5, 5.41) is 6.28. The Hall–Kier alpha value is -3.14. The van der Waals surface area contributed by atoms with Crippen LogP contribution in [0.2, 0.25) is 0 Å². The zero-order chi connectivity index (χ0) is 19.1. The van der Waals surface area contributed by atoms with E-state index >= 15 is 0 Å². The summed E-state index contributed by atoms with van der Waals surface area (Å²) >= 11 is 0. The lowest BCUT2D eigenvalue weighted by Gasteiger charge is -2.10. The number of amides is 1. The molecule has 0 fully saturated rings. The van der Waals surface area contributed by atoms with E-state index < -0.39 is 0 Å². The third-order valence-electron chi connectivity index (χ3n) is 4.58. The van der Waals surface area contributed by atoms with Crippen molar-refractivity contribution < 1.29 is 4.79 Å². The van der Waals surface area contributed by atoms with Gasteiger partial charge in [0.2, 0.25) is 0 Å². The number of carbonyl (C=O) groups is 1. The van der Waals surface area contributed by atoms with E-state index in [0.717, 1.165) is 36.3 Å². The fourth-order valence-electron chi connectivity index (χ4n) is 2.85. The highest BCUT2D eigenvalue weighted by Crippen LogP contribution is 2.16. The Balaban J connectivity index is 1.54. The standard InChI is InChI=1S/C23H25N3O/c1-17-10-11-21(13-18(17)2)26-23(27)20-14-22(16-24-15-20)25-12-6-9-19-7-4-3-5-8-19/h3-5,7-8,10-11,13-16,25H,6,9,12H2,1-2H3,(H,26,27). The first-order valence-electron chi connectivity index (χ1n) is 9.23. The molecule has 0 saturated carbocycles. The molecule has 2 aromatic carbocycles. The average Bonchev–Trinajstić information content (AvgIpc) is 2.69. The van der Waals surface area contributed by atoms with Crippen LogP contribution in [0, 0.1) is 13.8 Å². The quantitative estimate of drug-likeness (QED) is 0.584. The van der Waals surface area contributed by atoms with E-state index in [9.17, 15) is 4.79 Å². The van der Waals surface area contributed by atoms with Crippen LogP contribution in [0.1, 0.15) is 33.5 Å². The number of aromatic nitrogens is 1. The smallest absolute Gasteiger partial charge is 0.257 e. The van der Waals surface area contributed by atoms with Gasteiger partial charge in [0.05, 0.1) is 11.3 Å². The van der Waals surface area contributed by atoms with Crippen molar-refractivity contribution in [1.29, 1.82) is 0 Å². The molecule has 0 saturated heterocycles. The molecular weight excluding hydrogens is 334 g/mol. The zero-order valence-corrected chi connectivity index (χ0v) is 15.8. The minimum absolute atomic E-state index is 0.154. The fraction of sp³-hybridized carbons (Fsp3) is 0.217. The highest BCUT2D eigenvalue weighted by atomic mass is 16.1. The Bertz CT molecular complexity index is 907. The van der Waals surface area contributed by atoms with Crippen molar-refractivity contribution in [2.24, 2.45) is 0 Å². The Morgan fingerprint density at radius 1 is 0.926 bits per heavy atom. The van der Waals surface area contributed by atoms with Crippen LogP contribution in [0.15, 0.2) is 67.0 Å². The van der Waals surface area contributed by atoms with Crippen LogP contribution in [0.3, 0.4) is 0 Å². The van der Waals surface area contributed by atoms with Gasteiger partial charge >= 0.3 is 0 Å². The first kappa shape index (κ1) is 18.6. The number of nitrogens with zero attached hydrogens (tertiary/aromatic N) is 1. The van der Waals surface area contributed by atoms with Crippen molar-refractivity contribution in [2.75, 3.05) is 17.2 Å². The number of hydrogen-bond acceptors (Lipinski definition) is 3. The van der Waals surface area contributed by atoms with E-state index in [1.807, 2.05) is 37.3 Å². The number of carbonyl (C=O) groups excluding carboxylic acids is 1. The summed E-state index contributed by atoms with van der Waals surface area (Å²) in [6, 6.07) is 18.2. The molecule has 0 spiro atoms. The molecule has 0 unspecified atom stereocenters. The third kappa shape index (κ3) is 5.42. The molecule has 1 aromatic heterocycles. The summed E-state index contributed by atoms with van der Waals surface area (Å²) in [4.78, 5) is 16.7. The van der Waals surface area contributed by atoms with Crippen LogP contribution in [-0.2, 0) is 6.42 Å². The molecule has 1 heterocycles. The summed E-state index contributed by atoms with van der Waals surface area (Å²) in [5.41, 5.74) is 5.89. The largest absolute Gasteiger partial charge is 0.384 e. The molecule has 2 N–H and O–H groups in total. The topological polar surface area (TPSA) is 54.0 Å². The second kappa shape index (κ2) is 8.99. The molecule has 0 aliphatic heterocycles. The van der Waals surface area contributed by atoms with Crippen LogP contribution in [0.25, 0.3) is 0 Å². The Morgan fingerprint density at radius 3 is 2.52 bits per heavy atom. The molecule has 0 radical (unpaired) electrons. The monoisotopic (exact) mass is 359 g/mol. The molecule has 3 aromatic rings. The van der Waals surface area contributed by atoms with Crippen molar-refractivity contribution >= 4 is 17.3 Å². The van der Waals surface area contributed by atoms with Crippen molar-refractivity contribution in [3.8, 4) is 0 Å². The van der Waals surface area contributed by atoms with Gasteiger partial charge in [0.1, 0.15) is 0 Å². The van der Waals surface area contributed by atoms with Crippen LogP contribution >= 0.6 is 0 Å². The summed E-state index contributed by atoms with van der Waals surface area (Å²) in [6.07, 6.45) is 5.37. The lowest BCUT2D eigenvalue weighted by atomic mass is 10.1. The normalized spacial score (nSPS) is 10.4. The molecular formula is C23H25N3O. The number of anilines is 2. The first-order valence-corrected chi connectivity index (χ1v) is 9.23. The van der Waals surface area contributed by atoms with Gasteiger partial charge in [-0.25, -0.2) is 0 Å². The van der Waals surface area contributed by atoms with Gasteiger partial charge in [0.15, 0.2) is 0 Å². The molecule has 0 bridgehead atoms. The summed E-state index contributed by atoms with van der Waals surface area (Å²) < 4.78 is 0. The number of aryl methyl sites for hydroxylation is 3. The maximum atomic E-state index is 12.5. The van der Waals surface area contributed by atoms with Gasteiger partial charge in [-0.15, -0.1) is 0 Å². The zero-order valence-electron chi connectivity index (χ0n) is 15.8. The summed E-state index contributed by atoms with van der Waals surface area (Å²) in [6.45, 7) is 4.92. The van der Waals surface area contributed by atoms with Crippen molar-refractivity contribution in [2.45, 2.75) is 26.7 Å². The maximum Gasteiger partial charge on any atom is 0.257 e. The number of pyridine rings is 1. The van der Waals surface area contributed by atoms with Gasteiger partial charge in [-0.2, -0.15) is 0 Å². The molecule has 0 aliphatic rings. The number of nitrogens with one attached hydrogen (secondary N) is 2. The minimum atomic E-state index is -0.154. The van der Waals surface area contributed by atoms with E-state index in [1.165, 1.54) is 11.1 Å². The first-order chi connectivity index (χ1) is 13.1. The molecule has 0 aliphatic carbocycles. The van der Waals surface area contributed by atoms with E-state index in [-0.39, 0.29) is 5.91 Å². The van der Waals surface area contributed by atoms with E-state index in [1.54, 1.807) is 12.4 Å². The molecule has 1 amide bonds. The Morgan fingerprint density at radius 2 is 1.74 bits per heavy atom. The van der Waals surface area contributed by atoms with Crippen LogP contribution in [0.4, 0.5) is 11.4 Å². The fourth-order valence-corrected chi connectivity index (χ4v) is 2.85. The Kier molecular flexibility index (Phi) is 6.21. The van der Waals surface area contributed by atoms with Gasteiger partial charge in [0, 0.05) is 24.6 Å². The van der Waals surface area contributed by atoms with Crippen molar-refractivity contribution in [1.82, 2.24) is 4.98 Å². The second-order valence-corrected chi connectivity index (χ2v) is 6.73. The SMILES string of the molecule is Cc1ccc(NC(=O)c2cncc(NCCCc3ccccc3)c2)cc1C. The molecule has 138 valence electrons. The molecule has 0 atom stereocenters. The van der Waals surface area contributed by atoms with Crippen molar-refractivity contribution in [3.05, 3.63) is 89.2 Å². The van der Waals surface area contributed by atoms with Crippen LogP contribution < -0.4 is 10.6 Å². The number of hydrogen-bond donors (Lipinski definition) is 2. The summed E-state index contributed by atoms with van der Waals surface area (Å²) in [5.74, 6) is -0.154. The maximum absolute atomic E-state index is 12.5. The van der Waals surface area contributed by atoms with Crippen LogP contribution in [0.5, 0.6) is 0 Å². The second-order valence-electron chi connectivity index (χ2n) is 6.73. The Labute approximate surface area is 160 Å². The minimum Gasteiger partial charge on any atom is -0.384 e. The van der Waals surface area contributed by atoms with Crippen molar-refractivity contribution in [3.63, 3.8) is 0 Å². The van der Waals surface area contributed by atoms with Gasteiger partial charge < -0.3 is 10.6 Å². The van der Waals surface area contributed by atoms with Gasteiger partial charge in [-0.1, -0.05) is 36.4 Å². The number of rotatable bonds is 7. The van der Waals surface area contributed by atoms with E-state index in [2.05, 4.69) is 46.8 Å². The summed E-state index contributed by atoms with van der Waals surface area (Å²) in [7, 11) is 0. The molecule has 27 heavy (non-hydrogen) atoms. The highest BCUT2D eigenvalue weighted by molar-refractivity contribution is 6.04. The molecule has 4 heteroatoms. The lowest BCUT2D eigenvalue weighted by molar-refractivity contribution is 0.102. The number of benzene rings is 2. The lowest BCUT2D eigenvalue weighted by Crippen LogP contribution is -2.13. The highest BCUT2D eigenvalue weighted by Gasteiger charge is 2.08. The van der Waals surface area contributed by atoms with E-state index in [4.69, 9.17) is 0 Å². The molecule has 3 rings (SSSR count). The third-order valence-corrected chi connectivity index (χ3v) is 4.58.